The van der Waals surface area contributed by atoms with E-state index in [2.05, 4.69) is 15.3 Å². The molecule has 0 fully saturated rings. The Hall–Kier alpha value is -3.31. The third kappa shape index (κ3) is 4.42. The number of nitrogens with one attached hydrogen (secondary N) is 1. The number of benzene rings is 1. The van der Waals surface area contributed by atoms with E-state index < -0.39 is 23.0 Å². The highest BCUT2D eigenvalue weighted by Crippen LogP contribution is 2.29. The lowest BCUT2D eigenvalue weighted by atomic mass is 10.1. The van der Waals surface area contributed by atoms with Crippen LogP contribution >= 0.6 is 22.9 Å². The van der Waals surface area contributed by atoms with Gasteiger partial charge in [0.25, 0.3) is 5.56 Å². The van der Waals surface area contributed by atoms with Crippen LogP contribution in [0.25, 0.3) is 11.3 Å². The largest absolute Gasteiger partial charge is 0.384 e. The van der Waals surface area contributed by atoms with Crippen LogP contribution in [-0.2, 0) is 18.9 Å². The molecule has 3 rings (SSSR count). The normalized spacial score (nSPS) is 11.6. The first-order chi connectivity index (χ1) is 14.6. The predicted octanol–water partition coefficient (Wildman–Crippen LogP) is 2.03. The highest BCUT2D eigenvalue weighted by Gasteiger charge is 2.21. The number of anilines is 2. The molecule has 0 aliphatic rings. The number of carbonyl (C=O) groups excluding carboxylic acids is 1. The molecule has 0 spiro atoms. The number of rotatable bonds is 5. The van der Waals surface area contributed by atoms with Gasteiger partial charge in [0.05, 0.1) is 17.8 Å². The average Bonchev–Trinajstić information content (AvgIpc) is 3.19. The van der Waals surface area contributed by atoms with Gasteiger partial charge < -0.3 is 11.1 Å². The number of halogens is 2. The maximum absolute atomic E-state index is 14.0. The number of aromatic nitrogens is 3. The molecule has 0 aliphatic carbocycles. The van der Waals surface area contributed by atoms with E-state index in [9.17, 15) is 18.8 Å². The third-order valence-corrected chi connectivity index (χ3v) is 5.54. The summed E-state index contributed by atoms with van der Waals surface area (Å²) in [5.41, 5.74) is 5.31. The van der Waals surface area contributed by atoms with Crippen molar-refractivity contribution in [1.29, 1.82) is 0 Å². The molecule has 1 aromatic carbocycles. The van der Waals surface area contributed by atoms with E-state index in [0.29, 0.717) is 10.7 Å². The smallest absolute Gasteiger partial charge is 0.332 e. The summed E-state index contributed by atoms with van der Waals surface area (Å²) in [5.74, 6) is -1.09. The van der Waals surface area contributed by atoms with Gasteiger partial charge in [-0.05, 0) is 18.2 Å². The van der Waals surface area contributed by atoms with Crippen molar-refractivity contribution in [1.82, 2.24) is 14.1 Å². The minimum absolute atomic E-state index is 0.0249. The van der Waals surface area contributed by atoms with E-state index in [1.54, 1.807) is 5.38 Å². The first-order valence-electron chi connectivity index (χ1n) is 8.86. The fourth-order valence-electron chi connectivity index (χ4n) is 2.87. The number of hydrogen-bond acceptors (Lipinski definition) is 7. The Balaban J connectivity index is 1.83. The number of amides is 1. The zero-order valence-corrected chi connectivity index (χ0v) is 18.3. The van der Waals surface area contributed by atoms with Crippen LogP contribution in [-0.4, -0.2) is 32.8 Å². The van der Waals surface area contributed by atoms with Gasteiger partial charge in [-0.15, -0.1) is 11.3 Å². The van der Waals surface area contributed by atoms with Gasteiger partial charge in [-0.2, -0.15) is 0 Å². The minimum Gasteiger partial charge on any atom is -0.384 e. The molecule has 3 aromatic rings. The zero-order chi connectivity index (χ0) is 22.9. The summed E-state index contributed by atoms with van der Waals surface area (Å²) < 4.78 is 16.0. The molecular weight excluding hydrogens is 447 g/mol. The van der Waals surface area contributed by atoms with Crippen molar-refractivity contribution in [3.05, 3.63) is 60.8 Å². The number of thiazole rings is 1. The van der Waals surface area contributed by atoms with Gasteiger partial charge in [0.1, 0.15) is 17.2 Å². The number of hydrogen-bond donors (Lipinski definition) is 2. The molecule has 0 saturated heterocycles. The molecule has 2 aromatic heterocycles. The van der Waals surface area contributed by atoms with Crippen LogP contribution in [0.3, 0.4) is 0 Å². The molecule has 31 heavy (non-hydrogen) atoms. The molecule has 1 amide bonds. The molecule has 12 heteroatoms. The Kier molecular flexibility index (Phi) is 6.37. The quantitative estimate of drug-likeness (QED) is 0.559. The molecule has 0 atom stereocenters. The minimum atomic E-state index is -0.651. The highest BCUT2D eigenvalue weighted by atomic mass is 35.5. The van der Waals surface area contributed by atoms with Crippen LogP contribution in [0.4, 0.5) is 15.3 Å². The number of nitrogen functional groups attached to an aromatic ring is 1. The first kappa shape index (κ1) is 22.4. The maximum atomic E-state index is 14.0. The molecule has 0 saturated carbocycles. The molecule has 9 nitrogen and oxygen atoms in total. The first-order valence-corrected chi connectivity index (χ1v) is 10.1. The van der Waals surface area contributed by atoms with E-state index >= 15 is 0 Å². The molecule has 162 valence electrons. The van der Waals surface area contributed by atoms with Crippen LogP contribution in [0, 0.1) is 5.82 Å². The summed E-state index contributed by atoms with van der Waals surface area (Å²) in [5, 5.41) is 4.77. The molecule has 0 aliphatic heterocycles. The van der Waals surface area contributed by atoms with Gasteiger partial charge in [-0.3, -0.25) is 23.7 Å². The van der Waals surface area contributed by atoms with Crippen molar-refractivity contribution in [3.63, 3.8) is 0 Å². The monoisotopic (exact) mass is 464 g/mol. The van der Waals surface area contributed by atoms with Gasteiger partial charge in [-0.1, -0.05) is 11.6 Å². The second-order valence-corrected chi connectivity index (χ2v) is 7.82. The SMILES string of the molecule is CN=C(CC(=O)Nc1nc(-c2cc(Cl)ccc2F)cs1)c1c(N)n(C)c(=O)n(C)c1=O. The number of nitrogens with zero attached hydrogens (tertiary/aromatic N) is 4. The fourth-order valence-corrected chi connectivity index (χ4v) is 3.77. The summed E-state index contributed by atoms with van der Waals surface area (Å²) in [6.45, 7) is 0. The Morgan fingerprint density at radius 1 is 1.32 bits per heavy atom. The number of aliphatic imine (C=N–C) groups is 1. The van der Waals surface area contributed by atoms with Gasteiger partial charge in [-0.25, -0.2) is 14.2 Å². The van der Waals surface area contributed by atoms with Crippen molar-refractivity contribution < 1.29 is 9.18 Å². The number of nitrogens with two attached hydrogens (primary N) is 1. The summed E-state index contributed by atoms with van der Waals surface area (Å²) in [6, 6.07) is 4.10. The second kappa shape index (κ2) is 8.82. The van der Waals surface area contributed by atoms with E-state index in [1.807, 2.05) is 0 Å². The summed E-state index contributed by atoms with van der Waals surface area (Å²) >= 11 is 7.02. The predicted molar refractivity (Wildman–Crippen MR) is 120 cm³/mol. The lowest BCUT2D eigenvalue weighted by Crippen LogP contribution is -2.42. The van der Waals surface area contributed by atoms with Crippen molar-refractivity contribution in [2.45, 2.75) is 6.42 Å². The van der Waals surface area contributed by atoms with Crippen LogP contribution in [0.1, 0.15) is 12.0 Å². The molecular formula is C19H18ClFN6O3S. The van der Waals surface area contributed by atoms with Crippen LogP contribution in [0.5, 0.6) is 0 Å². The van der Waals surface area contributed by atoms with Gasteiger partial charge in [0.15, 0.2) is 5.13 Å². The standard InChI is InChI=1S/C19H18ClFN6O3S/c1-23-12(15-16(22)26(2)19(30)27(3)17(15)29)7-14(28)25-18-24-13(8-31-18)10-6-9(20)4-5-11(10)21/h4-6,8H,7,22H2,1-3H3,(H,24,25,28). The van der Waals surface area contributed by atoms with Crippen molar-refractivity contribution in [3.8, 4) is 11.3 Å². The van der Waals surface area contributed by atoms with Crippen molar-refractivity contribution in [2.24, 2.45) is 19.1 Å². The molecule has 2 heterocycles. The van der Waals surface area contributed by atoms with E-state index in [4.69, 9.17) is 17.3 Å². The van der Waals surface area contributed by atoms with Crippen LogP contribution in [0.2, 0.25) is 5.02 Å². The van der Waals surface area contributed by atoms with E-state index in [-0.39, 0.29) is 34.2 Å². The second-order valence-electron chi connectivity index (χ2n) is 6.52. The van der Waals surface area contributed by atoms with Crippen molar-refractivity contribution >= 4 is 45.5 Å². The zero-order valence-electron chi connectivity index (χ0n) is 16.8. The Bertz CT molecular complexity index is 1330. The molecule has 0 bridgehead atoms. The van der Waals surface area contributed by atoms with E-state index in [0.717, 1.165) is 20.5 Å². The topological polar surface area (TPSA) is 124 Å². The fraction of sp³-hybridized carbons (Fsp3) is 0.211. The van der Waals surface area contributed by atoms with Crippen molar-refractivity contribution in [2.75, 3.05) is 18.1 Å². The maximum Gasteiger partial charge on any atom is 0.332 e. The highest BCUT2D eigenvalue weighted by molar-refractivity contribution is 7.14. The van der Waals surface area contributed by atoms with E-state index in [1.165, 1.54) is 39.3 Å². The van der Waals surface area contributed by atoms with Crippen LogP contribution in [0.15, 0.2) is 38.2 Å². The summed E-state index contributed by atoms with van der Waals surface area (Å²) in [6.07, 6.45) is -0.283. The third-order valence-electron chi connectivity index (χ3n) is 4.55. The summed E-state index contributed by atoms with van der Waals surface area (Å²) in [4.78, 5) is 45.3. The molecule has 3 N–H and O–H groups in total. The Labute approximate surface area is 184 Å². The molecule has 0 unspecified atom stereocenters. The van der Waals surface area contributed by atoms with Crippen LogP contribution < -0.4 is 22.3 Å². The van der Waals surface area contributed by atoms with Gasteiger partial charge in [0.2, 0.25) is 5.91 Å². The lowest BCUT2D eigenvalue weighted by molar-refractivity contribution is -0.115. The van der Waals surface area contributed by atoms with Gasteiger partial charge >= 0.3 is 5.69 Å². The Morgan fingerprint density at radius 2 is 2.03 bits per heavy atom. The summed E-state index contributed by atoms with van der Waals surface area (Å²) in [7, 11) is 4.14. The number of carbonyl (C=O) groups is 1. The van der Waals surface area contributed by atoms with Gasteiger partial charge in [0, 0.05) is 37.1 Å². The lowest BCUT2D eigenvalue weighted by Gasteiger charge is -2.13. The average molecular weight is 465 g/mol. The Morgan fingerprint density at radius 3 is 2.71 bits per heavy atom. The molecule has 0 radical (unpaired) electrons.